The van der Waals surface area contributed by atoms with Crippen LogP contribution in [0.5, 0.6) is 0 Å². The van der Waals surface area contributed by atoms with Crippen molar-refractivity contribution in [1.82, 2.24) is 5.32 Å². The highest BCUT2D eigenvalue weighted by Gasteiger charge is 2.51. The number of carbonyl (C=O) groups excluding carboxylic acids is 1. The van der Waals surface area contributed by atoms with Gasteiger partial charge in [-0.1, -0.05) is 239 Å². The van der Waals surface area contributed by atoms with Gasteiger partial charge in [0.2, 0.25) is 5.91 Å². The molecule has 0 bridgehead atoms. The van der Waals surface area contributed by atoms with Crippen molar-refractivity contribution in [3.05, 3.63) is 109 Å². The van der Waals surface area contributed by atoms with Gasteiger partial charge in [0.1, 0.15) is 48.8 Å². The van der Waals surface area contributed by atoms with Gasteiger partial charge >= 0.3 is 0 Å². The minimum Gasteiger partial charge on any atom is -0.394 e. The molecule has 12 atom stereocenters. The molecule has 14 nitrogen and oxygen atoms in total. The van der Waals surface area contributed by atoms with Crippen molar-refractivity contribution in [2.75, 3.05) is 19.8 Å². The molecule has 0 saturated carbocycles. The number of hydrogen-bond acceptors (Lipinski definition) is 13. The Morgan fingerprint density at radius 3 is 1.28 bits per heavy atom. The highest BCUT2D eigenvalue weighted by molar-refractivity contribution is 5.76. The van der Waals surface area contributed by atoms with E-state index in [2.05, 4.69) is 129 Å². The predicted octanol–water partition coefficient (Wildman–Crippen LogP) is 12.0. The number of amides is 1. The second kappa shape index (κ2) is 52.0. The third-order valence-electron chi connectivity index (χ3n) is 15.0. The maximum Gasteiger partial charge on any atom is 0.220 e. The number of ether oxygens (including phenoxy) is 4. The Bertz CT molecular complexity index is 1790. The van der Waals surface area contributed by atoms with E-state index in [1.54, 1.807) is 0 Å². The average Bonchev–Trinajstić information content (AvgIpc) is 3.52. The molecule has 1 amide bonds. The molecule has 2 rings (SSSR count). The monoisotopic (exact) mass is 1150 g/mol. The first-order chi connectivity index (χ1) is 40.1. The van der Waals surface area contributed by atoms with E-state index in [0.29, 0.717) is 12.8 Å². The van der Waals surface area contributed by atoms with Gasteiger partial charge in [-0.3, -0.25) is 4.79 Å². The largest absolute Gasteiger partial charge is 0.394 e. The van der Waals surface area contributed by atoms with Crippen molar-refractivity contribution in [1.29, 1.82) is 0 Å². The number of aliphatic hydroxyl groups excluding tert-OH is 8. The van der Waals surface area contributed by atoms with Gasteiger partial charge < -0.3 is 65.1 Å². The van der Waals surface area contributed by atoms with Crippen LogP contribution in [-0.4, -0.2) is 140 Å². The molecule has 0 spiro atoms. The van der Waals surface area contributed by atoms with Crippen molar-refractivity contribution in [2.45, 2.75) is 293 Å². The van der Waals surface area contributed by atoms with E-state index in [1.807, 2.05) is 0 Å². The van der Waals surface area contributed by atoms with Crippen LogP contribution >= 0.6 is 0 Å². The first kappa shape index (κ1) is 74.7. The third-order valence-corrected chi connectivity index (χ3v) is 15.0. The van der Waals surface area contributed by atoms with Crippen molar-refractivity contribution in [3.8, 4) is 0 Å². The Kier molecular flexibility index (Phi) is 47.4. The summed E-state index contributed by atoms with van der Waals surface area (Å²) in [6.45, 7) is 2.72. The van der Waals surface area contributed by atoms with Gasteiger partial charge in [0.15, 0.2) is 12.6 Å². The van der Waals surface area contributed by atoms with Crippen LogP contribution in [0.25, 0.3) is 0 Å². The Morgan fingerprint density at radius 1 is 0.451 bits per heavy atom. The van der Waals surface area contributed by atoms with Crippen LogP contribution in [0.15, 0.2) is 109 Å². The van der Waals surface area contributed by atoms with Gasteiger partial charge in [0.05, 0.1) is 32.0 Å². The normalized spacial score (nSPS) is 24.7. The summed E-state index contributed by atoms with van der Waals surface area (Å²) < 4.78 is 22.8. The number of rotatable bonds is 50. The molecule has 2 aliphatic rings. The van der Waals surface area contributed by atoms with Gasteiger partial charge in [0, 0.05) is 6.42 Å². The minimum absolute atomic E-state index is 0.242. The maximum absolute atomic E-state index is 13.3. The Hall–Kier alpha value is -3.35. The van der Waals surface area contributed by atoms with Crippen molar-refractivity contribution < 1.29 is 64.6 Å². The first-order valence-electron chi connectivity index (χ1n) is 32.1. The van der Waals surface area contributed by atoms with Crippen LogP contribution in [0, 0.1) is 0 Å². The highest BCUT2D eigenvalue weighted by atomic mass is 16.7. The van der Waals surface area contributed by atoms with Crippen LogP contribution in [0.2, 0.25) is 0 Å². The fraction of sp³-hybridized carbons (Fsp3) is 0.721. The molecule has 0 aromatic carbocycles. The van der Waals surface area contributed by atoms with E-state index in [9.17, 15) is 45.6 Å². The lowest BCUT2D eigenvalue weighted by Gasteiger charge is -2.46. The molecular formula is C68H115NO13. The zero-order valence-corrected chi connectivity index (χ0v) is 50.7. The van der Waals surface area contributed by atoms with Gasteiger partial charge in [-0.15, -0.1) is 0 Å². The molecule has 0 aromatic heterocycles. The lowest BCUT2D eigenvalue weighted by molar-refractivity contribution is -0.359. The van der Waals surface area contributed by atoms with Crippen LogP contribution in [0.3, 0.4) is 0 Å². The second-order valence-corrected chi connectivity index (χ2v) is 22.2. The summed E-state index contributed by atoms with van der Waals surface area (Å²) in [7, 11) is 0. The quantitative estimate of drug-likeness (QED) is 0.0204. The molecule has 0 aromatic rings. The Labute approximate surface area is 495 Å². The lowest BCUT2D eigenvalue weighted by Crippen LogP contribution is -2.65. The van der Waals surface area contributed by atoms with Crippen LogP contribution in [0.4, 0.5) is 0 Å². The fourth-order valence-corrected chi connectivity index (χ4v) is 9.88. The molecule has 470 valence electrons. The lowest BCUT2D eigenvalue weighted by atomic mass is 9.97. The summed E-state index contributed by atoms with van der Waals surface area (Å²) in [6.07, 6.45) is 56.5. The zero-order valence-electron chi connectivity index (χ0n) is 50.7. The van der Waals surface area contributed by atoms with Gasteiger partial charge in [-0.05, 0) is 83.5 Å². The number of carbonyl (C=O) groups is 1. The summed E-state index contributed by atoms with van der Waals surface area (Å²) in [5, 5.41) is 87.4. The Morgan fingerprint density at radius 2 is 0.841 bits per heavy atom. The number of unbranched alkanes of at least 4 members (excludes halogenated alkanes) is 19. The first-order valence-corrected chi connectivity index (χ1v) is 32.1. The Balaban J connectivity index is 1.73. The smallest absolute Gasteiger partial charge is 0.220 e. The van der Waals surface area contributed by atoms with Crippen LogP contribution in [0.1, 0.15) is 219 Å². The van der Waals surface area contributed by atoms with Gasteiger partial charge in [0.25, 0.3) is 0 Å². The predicted molar refractivity (Wildman–Crippen MR) is 332 cm³/mol. The van der Waals surface area contributed by atoms with Crippen molar-refractivity contribution in [2.24, 2.45) is 0 Å². The molecule has 82 heavy (non-hydrogen) atoms. The molecular weight excluding hydrogens is 1040 g/mol. The van der Waals surface area contributed by atoms with Crippen molar-refractivity contribution >= 4 is 5.91 Å². The SMILES string of the molecule is CC/C=C\C/C=C\C/C=C\C/C=C\C/C=C\C/C=C\C/C=C\C/C=C\C/C=C\CCCCCC(=O)NC(COC1OC(CO)C(OC2OC(CO)C(O)C(O)C2O)C(O)C1O)C(O)CCCCCCCCCCCCCCCCCCC. The van der Waals surface area contributed by atoms with E-state index in [-0.39, 0.29) is 18.9 Å². The number of aliphatic hydroxyl groups is 8. The van der Waals surface area contributed by atoms with E-state index in [4.69, 9.17) is 18.9 Å². The molecule has 2 aliphatic heterocycles. The summed E-state index contributed by atoms with van der Waals surface area (Å²) >= 11 is 0. The van der Waals surface area contributed by atoms with E-state index >= 15 is 0 Å². The number of hydrogen-bond donors (Lipinski definition) is 9. The highest BCUT2D eigenvalue weighted by Crippen LogP contribution is 2.30. The van der Waals surface area contributed by atoms with E-state index in [1.165, 1.54) is 83.5 Å². The zero-order chi connectivity index (χ0) is 59.5. The second-order valence-electron chi connectivity index (χ2n) is 22.2. The summed E-state index contributed by atoms with van der Waals surface area (Å²) in [5.74, 6) is -0.242. The maximum atomic E-state index is 13.3. The summed E-state index contributed by atoms with van der Waals surface area (Å²) in [6, 6.07) is -0.855. The molecule has 12 unspecified atom stereocenters. The number of nitrogens with one attached hydrogen (secondary N) is 1. The summed E-state index contributed by atoms with van der Waals surface area (Å²) in [5.41, 5.74) is 0. The standard InChI is InChI=1S/C68H115NO13/c1-3-5-7-9-11-13-15-17-19-21-22-23-24-25-26-27-28-29-30-31-32-33-34-36-38-40-42-44-46-48-50-52-60(73)69-56(57(72)51-49-47-45-43-41-39-37-35-20-18-16-14-12-10-8-6-4-2)55-79-67-65(78)63(76)66(59(54-71)81-67)82-68-64(77)62(75)61(74)58(53-70)80-68/h5,7,11,13,17,19,22-23,25-26,28-29,31-32,34,36,40,42,56-59,61-68,70-72,74-78H,3-4,6,8-10,12,14-16,18,20-21,24,27,30,33,35,37-39,41,43-55H2,1-2H3,(H,69,73)/b7-5-,13-11-,19-17-,23-22-,26-25-,29-28-,32-31-,36-34-,42-40-. The van der Waals surface area contributed by atoms with E-state index in [0.717, 1.165) is 103 Å². The minimum atomic E-state index is -1.79. The van der Waals surface area contributed by atoms with Crippen LogP contribution in [-0.2, 0) is 23.7 Å². The van der Waals surface area contributed by atoms with Gasteiger partial charge in [-0.25, -0.2) is 0 Å². The summed E-state index contributed by atoms with van der Waals surface area (Å²) in [4.78, 5) is 13.3. The molecule has 14 heteroatoms. The molecule has 9 N–H and O–H groups in total. The number of allylic oxidation sites excluding steroid dienone is 18. The molecule has 2 fully saturated rings. The van der Waals surface area contributed by atoms with Gasteiger partial charge in [-0.2, -0.15) is 0 Å². The molecule has 2 saturated heterocycles. The molecule has 0 radical (unpaired) electrons. The molecule has 0 aliphatic carbocycles. The van der Waals surface area contributed by atoms with Crippen molar-refractivity contribution in [3.63, 3.8) is 0 Å². The van der Waals surface area contributed by atoms with E-state index < -0.39 is 86.8 Å². The average molecular weight is 1150 g/mol. The fourth-order valence-electron chi connectivity index (χ4n) is 9.88. The van der Waals surface area contributed by atoms with Crippen LogP contribution < -0.4 is 5.32 Å². The molecule has 2 heterocycles. The topological polar surface area (TPSA) is 228 Å². The third kappa shape index (κ3) is 36.5.